The zero-order chi connectivity index (χ0) is 18.2. The summed E-state index contributed by atoms with van der Waals surface area (Å²) in [7, 11) is 0. The van der Waals surface area contributed by atoms with Gasteiger partial charge in [-0.15, -0.1) is 0 Å². The van der Waals surface area contributed by atoms with Crippen molar-refractivity contribution in [1.29, 1.82) is 0 Å². The van der Waals surface area contributed by atoms with E-state index in [0.717, 1.165) is 22.9 Å². The van der Waals surface area contributed by atoms with Gasteiger partial charge >= 0.3 is 0 Å². The number of nitrogens with zero attached hydrogens (tertiary/aromatic N) is 1. The Hall–Kier alpha value is -2.17. The molecule has 1 aromatic carbocycles. The van der Waals surface area contributed by atoms with Gasteiger partial charge in [-0.25, -0.2) is 8.78 Å². The van der Waals surface area contributed by atoms with Crippen LogP contribution >= 0.6 is 0 Å². The molecule has 0 radical (unpaired) electrons. The molecule has 1 aromatic heterocycles. The third kappa shape index (κ3) is 3.66. The van der Waals surface area contributed by atoms with Crippen LogP contribution in [0.15, 0.2) is 18.2 Å². The molecule has 0 spiro atoms. The van der Waals surface area contributed by atoms with Crippen LogP contribution in [-0.4, -0.2) is 16.0 Å². The first kappa shape index (κ1) is 18.2. The van der Waals surface area contributed by atoms with Gasteiger partial charge in [0, 0.05) is 22.9 Å². The number of amides is 1. The maximum Gasteiger partial charge on any atom is 0.268 e. The van der Waals surface area contributed by atoms with Crippen LogP contribution in [0.1, 0.15) is 53.6 Å². The van der Waals surface area contributed by atoms with Crippen molar-refractivity contribution in [3.63, 3.8) is 0 Å². The first-order valence-corrected chi connectivity index (χ1v) is 7.94. The summed E-state index contributed by atoms with van der Waals surface area (Å²) in [5, 5.41) is 2.95. The zero-order valence-electron chi connectivity index (χ0n) is 15.1. The fourth-order valence-corrected chi connectivity index (χ4v) is 2.73. The monoisotopic (exact) mass is 334 g/mol. The summed E-state index contributed by atoms with van der Waals surface area (Å²) in [6.07, 6.45) is 0. The maximum atomic E-state index is 14.0. The van der Waals surface area contributed by atoms with Crippen molar-refractivity contribution in [2.24, 2.45) is 0 Å². The lowest BCUT2D eigenvalue weighted by atomic mass is 10.1. The molecule has 0 aliphatic carbocycles. The van der Waals surface area contributed by atoms with Crippen LogP contribution in [0.2, 0.25) is 0 Å². The third-order valence-corrected chi connectivity index (χ3v) is 4.18. The van der Waals surface area contributed by atoms with Gasteiger partial charge < -0.3 is 9.88 Å². The highest BCUT2D eigenvalue weighted by atomic mass is 19.1. The van der Waals surface area contributed by atoms with E-state index in [4.69, 9.17) is 0 Å². The number of hydrogen-bond donors (Lipinski definition) is 1. The van der Waals surface area contributed by atoms with E-state index in [-0.39, 0.29) is 18.0 Å². The Balaban J connectivity index is 2.49. The van der Waals surface area contributed by atoms with Crippen molar-refractivity contribution >= 4 is 5.91 Å². The lowest BCUT2D eigenvalue weighted by Crippen LogP contribution is -2.41. The van der Waals surface area contributed by atoms with Crippen molar-refractivity contribution in [3.8, 4) is 0 Å². The zero-order valence-corrected chi connectivity index (χ0v) is 15.1. The van der Waals surface area contributed by atoms with E-state index in [0.29, 0.717) is 11.3 Å². The number of halogens is 2. The minimum atomic E-state index is -0.612. The largest absolute Gasteiger partial charge is 0.346 e. The molecular weight excluding hydrogens is 310 g/mol. The van der Waals surface area contributed by atoms with Gasteiger partial charge in [-0.05, 0) is 58.7 Å². The first-order valence-electron chi connectivity index (χ1n) is 7.94. The van der Waals surface area contributed by atoms with E-state index in [1.54, 1.807) is 4.57 Å². The average Bonchev–Trinajstić information content (AvgIpc) is 2.64. The van der Waals surface area contributed by atoms with E-state index in [1.165, 1.54) is 12.1 Å². The predicted octanol–water partition coefficient (Wildman–Crippen LogP) is 4.27. The van der Waals surface area contributed by atoms with E-state index >= 15 is 0 Å². The lowest BCUT2D eigenvalue weighted by molar-refractivity contribution is 0.0909. The summed E-state index contributed by atoms with van der Waals surface area (Å²) in [5.41, 5.74) is 3.26. The fourth-order valence-electron chi connectivity index (χ4n) is 2.73. The molecule has 0 aliphatic heterocycles. The molecule has 0 bridgehead atoms. The quantitative estimate of drug-likeness (QED) is 0.894. The minimum absolute atomic E-state index is 0.180. The molecular formula is C19H24F2N2O. The second-order valence-electron chi connectivity index (χ2n) is 7.21. The molecule has 1 N–H and O–H groups in total. The van der Waals surface area contributed by atoms with Crippen molar-refractivity contribution in [2.75, 3.05) is 0 Å². The highest BCUT2D eigenvalue weighted by Gasteiger charge is 2.24. The molecule has 24 heavy (non-hydrogen) atoms. The Morgan fingerprint density at radius 1 is 1.12 bits per heavy atom. The molecule has 1 heterocycles. The summed E-state index contributed by atoms with van der Waals surface area (Å²) in [6, 6.07) is 3.51. The molecule has 0 atom stereocenters. The maximum absolute atomic E-state index is 14.0. The summed E-state index contributed by atoms with van der Waals surface area (Å²) >= 11 is 0. The number of nitrogens with one attached hydrogen (secondary N) is 1. The van der Waals surface area contributed by atoms with Gasteiger partial charge in [0.1, 0.15) is 17.3 Å². The van der Waals surface area contributed by atoms with Crippen LogP contribution in [0, 0.1) is 32.4 Å². The molecule has 1 amide bonds. The second-order valence-corrected chi connectivity index (χ2v) is 7.21. The molecule has 0 saturated carbocycles. The number of benzene rings is 1. The molecule has 0 fully saturated rings. The summed E-state index contributed by atoms with van der Waals surface area (Å²) in [6.45, 7) is 11.6. The Bertz CT molecular complexity index is 786. The number of aromatic nitrogens is 1. The highest BCUT2D eigenvalue weighted by Crippen LogP contribution is 2.24. The van der Waals surface area contributed by atoms with Gasteiger partial charge in [0.05, 0.1) is 6.54 Å². The van der Waals surface area contributed by atoms with E-state index in [2.05, 4.69) is 5.32 Å². The summed E-state index contributed by atoms with van der Waals surface area (Å²) in [4.78, 5) is 12.7. The van der Waals surface area contributed by atoms with Crippen LogP contribution in [0.5, 0.6) is 0 Å². The Morgan fingerprint density at radius 2 is 1.75 bits per heavy atom. The van der Waals surface area contributed by atoms with Crippen LogP contribution < -0.4 is 5.32 Å². The average molecular weight is 334 g/mol. The second kappa shape index (κ2) is 6.38. The molecule has 0 aliphatic rings. The predicted molar refractivity (Wildman–Crippen MR) is 91.3 cm³/mol. The first-order chi connectivity index (χ1) is 11.0. The number of carbonyl (C=O) groups is 1. The topological polar surface area (TPSA) is 34.0 Å². The van der Waals surface area contributed by atoms with Gasteiger partial charge in [0.15, 0.2) is 0 Å². The molecule has 3 nitrogen and oxygen atoms in total. The SMILES string of the molecule is Cc1c(C)c(C(=O)NC(C)(C)C)n(Cc2ccc(F)cc2F)c1C. The van der Waals surface area contributed by atoms with Gasteiger partial charge in [-0.3, -0.25) is 4.79 Å². The Kier molecular flexibility index (Phi) is 4.83. The Morgan fingerprint density at radius 3 is 2.29 bits per heavy atom. The van der Waals surface area contributed by atoms with Gasteiger partial charge in [0.2, 0.25) is 0 Å². The molecule has 2 rings (SSSR count). The van der Waals surface area contributed by atoms with Crippen LogP contribution in [0.4, 0.5) is 8.78 Å². The molecule has 130 valence electrons. The van der Waals surface area contributed by atoms with E-state index in [9.17, 15) is 13.6 Å². The minimum Gasteiger partial charge on any atom is -0.346 e. The third-order valence-electron chi connectivity index (χ3n) is 4.18. The summed E-state index contributed by atoms with van der Waals surface area (Å²) in [5.74, 6) is -1.42. The van der Waals surface area contributed by atoms with Crippen LogP contribution in [-0.2, 0) is 6.54 Å². The molecule has 0 unspecified atom stereocenters. The number of carbonyl (C=O) groups excluding carboxylic acids is 1. The number of rotatable bonds is 3. The number of hydrogen-bond acceptors (Lipinski definition) is 1. The highest BCUT2D eigenvalue weighted by molar-refractivity contribution is 5.95. The van der Waals surface area contributed by atoms with Crippen molar-refractivity contribution < 1.29 is 13.6 Å². The van der Waals surface area contributed by atoms with Crippen LogP contribution in [0.25, 0.3) is 0 Å². The normalized spacial score (nSPS) is 11.7. The molecule has 2 aromatic rings. The molecule has 0 saturated heterocycles. The Labute approximate surface area is 141 Å². The van der Waals surface area contributed by atoms with E-state index < -0.39 is 11.6 Å². The van der Waals surface area contributed by atoms with Gasteiger partial charge in [0.25, 0.3) is 5.91 Å². The van der Waals surface area contributed by atoms with Crippen molar-refractivity contribution in [3.05, 3.63) is 57.9 Å². The van der Waals surface area contributed by atoms with Crippen LogP contribution in [0.3, 0.4) is 0 Å². The standard InChI is InChI=1S/C19H24F2N2O/c1-11-12(2)17(18(24)22-19(4,5)6)23(13(11)3)10-14-7-8-15(20)9-16(14)21/h7-9H,10H2,1-6H3,(H,22,24). The van der Waals surface area contributed by atoms with E-state index in [1.807, 2.05) is 41.5 Å². The van der Waals surface area contributed by atoms with Gasteiger partial charge in [-0.2, -0.15) is 0 Å². The van der Waals surface area contributed by atoms with Crippen molar-refractivity contribution in [2.45, 2.75) is 53.6 Å². The van der Waals surface area contributed by atoms with Crippen molar-refractivity contribution in [1.82, 2.24) is 9.88 Å². The smallest absolute Gasteiger partial charge is 0.268 e. The van der Waals surface area contributed by atoms with Gasteiger partial charge in [-0.1, -0.05) is 6.07 Å². The lowest BCUT2D eigenvalue weighted by Gasteiger charge is -2.22. The summed E-state index contributed by atoms with van der Waals surface area (Å²) < 4.78 is 28.9. The molecule has 5 heteroatoms. The fraction of sp³-hybridized carbons (Fsp3) is 0.421.